The molecule has 0 N–H and O–H groups in total. The summed E-state index contributed by atoms with van der Waals surface area (Å²) in [5.41, 5.74) is 7.16. The van der Waals surface area contributed by atoms with Crippen LogP contribution in [0.15, 0.2) is 166 Å². The van der Waals surface area contributed by atoms with E-state index >= 15 is 0 Å². The number of fused-ring (bicyclic) bond motifs is 9. The van der Waals surface area contributed by atoms with Gasteiger partial charge in [0, 0.05) is 54.7 Å². The van der Waals surface area contributed by atoms with Crippen molar-refractivity contribution in [1.82, 2.24) is 19.5 Å². The zero-order valence-electron chi connectivity index (χ0n) is 31.7. The summed E-state index contributed by atoms with van der Waals surface area (Å²) in [6.07, 6.45) is 0. The van der Waals surface area contributed by atoms with Gasteiger partial charge in [-0.05, 0) is 66.7 Å². The molecule has 0 aliphatic heterocycles. The Hall–Kier alpha value is -7.05. The highest BCUT2D eigenvalue weighted by atomic mass is 16.3. The SMILES string of the molecule is [2H]c1c([2H])c([2H])c(-c2nc(-c3ccc4c(c3)oc3ccc(-n5c6ccccc6c6ccccc65)cc34)nc(-c3ccc4oc5ccccc5c4c3)n2)c([2H])c1[2H]. The van der Waals surface area contributed by atoms with Crippen LogP contribution in [0.3, 0.4) is 0 Å². The maximum absolute atomic E-state index is 8.73. The van der Waals surface area contributed by atoms with Crippen molar-refractivity contribution in [1.29, 1.82) is 0 Å². The Kier molecular flexibility index (Phi) is 4.91. The maximum Gasteiger partial charge on any atom is 0.164 e. The van der Waals surface area contributed by atoms with Crippen LogP contribution >= 0.6 is 0 Å². The molecule has 0 atom stereocenters. The Morgan fingerprint density at radius 3 is 1.69 bits per heavy atom. The van der Waals surface area contributed by atoms with Crippen LogP contribution in [0.25, 0.3) is 106 Å². The van der Waals surface area contributed by atoms with Crippen LogP contribution < -0.4 is 0 Å². The summed E-state index contributed by atoms with van der Waals surface area (Å²) < 4.78 is 57.1. The Labute approximate surface area is 297 Å². The molecule has 0 amide bonds. The first-order chi connectivity index (χ1) is 27.3. The fourth-order valence-corrected chi connectivity index (χ4v) is 7.22. The summed E-state index contributed by atoms with van der Waals surface area (Å²) >= 11 is 0. The molecular formula is C45H26N4O2. The molecule has 51 heavy (non-hydrogen) atoms. The third-order valence-corrected chi connectivity index (χ3v) is 9.55. The van der Waals surface area contributed by atoms with Gasteiger partial charge in [-0.2, -0.15) is 0 Å². The van der Waals surface area contributed by atoms with Gasteiger partial charge in [-0.1, -0.05) is 90.9 Å². The summed E-state index contributed by atoms with van der Waals surface area (Å²) in [6.45, 7) is 0. The molecule has 0 spiro atoms. The van der Waals surface area contributed by atoms with Gasteiger partial charge in [0.2, 0.25) is 0 Å². The number of furan rings is 2. The summed E-state index contributed by atoms with van der Waals surface area (Å²) in [4.78, 5) is 14.4. The Balaban J connectivity index is 1.09. The molecule has 0 aliphatic carbocycles. The quantitative estimate of drug-likeness (QED) is 0.188. The van der Waals surface area contributed by atoms with E-state index in [4.69, 9.17) is 30.6 Å². The maximum atomic E-state index is 8.73. The van der Waals surface area contributed by atoms with Gasteiger partial charge in [0.15, 0.2) is 17.5 Å². The average molecular weight is 660 g/mol. The van der Waals surface area contributed by atoms with Gasteiger partial charge in [0.05, 0.1) is 17.9 Å². The van der Waals surface area contributed by atoms with Gasteiger partial charge in [0.25, 0.3) is 0 Å². The Morgan fingerprint density at radius 1 is 0.412 bits per heavy atom. The van der Waals surface area contributed by atoms with E-state index in [0.717, 1.165) is 49.4 Å². The Morgan fingerprint density at radius 2 is 0.941 bits per heavy atom. The van der Waals surface area contributed by atoms with Crippen molar-refractivity contribution in [2.75, 3.05) is 0 Å². The molecule has 7 aromatic carbocycles. The summed E-state index contributed by atoms with van der Waals surface area (Å²) in [5, 5.41) is 6.02. The lowest BCUT2D eigenvalue weighted by Gasteiger charge is -2.09. The third-order valence-electron chi connectivity index (χ3n) is 9.55. The van der Waals surface area contributed by atoms with Gasteiger partial charge in [-0.15, -0.1) is 0 Å². The molecule has 11 aromatic rings. The van der Waals surface area contributed by atoms with Crippen molar-refractivity contribution >= 4 is 65.7 Å². The van der Waals surface area contributed by atoms with Gasteiger partial charge in [-0.25, -0.2) is 15.0 Å². The van der Waals surface area contributed by atoms with Gasteiger partial charge < -0.3 is 13.4 Å². The number of benzene rings is 7. The first-order valence-corrected chi connectivity index (χ1v) is 16.5. The van der Waals surface area contributed by atoms with Crippen LogP contribution in [-0.2, 0) is 0 Å². The van der Waals surface area contributed by atoms with Crippen molar-refractivity contribution in [2.24, 2.45) is 0 Å². The average Bonchev–Trinajstić information content (AvgIpc) is 3.91. The monoisotopic (exact) mass is 659 g/mol. The van der Waals surface area contributed by atoms with E-state index in [2.05, 4.69) is 65.2 Å². The smallest absolute Gasteiger partial charge is 0.164 e. The van der Waals surface area contributed by atoms with Crippen molar-refractivity contribution in [3.05, 3.63) is 158 Å². The molecular weight excluding hydrogens is 629 g/mol. The topological polar surface area (TPSA) is 69.9 Å². The highest BCUT2D eigenvalue weighted by Gasteiger charge is 2.18. The zero-order chi connectivity index (χ0) is 37.8. The second kappa shape index (κ2) is 10.7. The predicted molar refractivity (Wildman–Crippen MR) is 205 cm³/mol. The number of para-hydroxylation sites is 3. The molecule has 0 aliphatic rings. The van der Waals surface area contributed by atoms with Crippen LogP contribution in [0, 0.1) is 0 Å². The second-order valence-corrected chi connectivity index (χ2v) is 12.5. The van der Waals surface area contributed by atoms with E-state index in [1.807, 2.05) is 66.7 Å². The van der Waals surface area contributed by atoms with E-state index in [0.29, 0.717) is 22.3 Å². The highest BCUT2D eigenvalue weighted by Crippen LogP contribution is 2.37. The van der Waals surface area contributed by atoms with E-state index < -0.39 is 30.2 Å². The van der Waals surface area contributed by atoms with Gasteiger partial charge >= 0.3 is 0 Å². The lowest BCUT2D eigenvalue weighted by molar-refractivity contribution is 0.668. The van der Waals surface area contributed by atoms with E-state index in [1.54, 1.807) is 0 Å². The minimum absolute atomic E-state index is 0.0420. The van der Waals surface area contributed by atoms with Gasteiger partial charge in [-0.3, -0.25) is 0 Å². The number of rotatable bonds is 4. The third kappa shape index (κ3) is 4.33. The summed E-state index contributed by atoms with van der Waals surface area (Å²) in [6, 6.07) is 39.9. The fourth-order valence-electron chi connectivity index (χ4n) is 7.22. The van der Waals surface area contributed by atoms with Crippen LogP contribution in [0.5, 0.6) is 0 Å². The van der Waals surface area contributed by atoms with Crippen molar-refractivity contribution in [2.45, 2.75) is 0 Å². The van der Waals surface area contributed by atoms with E-state index in [-0.39, 0.29) is 23.0 Å². The minimum atomic E-state index is -0.493. The first kappa shape index (κ1) is 23.3. The minimum Gasteiger partial charge on any atom is -0.456 e. The Bertz CT molecular complexity index is 3380. The molecule has 0 fully saturated rings. The standard InChI is InChI=1S/C45H26N4O2/c1-2-10-27(11-3-1)43-46-44(28-19-22-40-35(24-28)33-14-6-9-17-39(33)50-40)48-45(47-43)29-18-21-34-36-26-30(20-23-41(36)51-42(34)25-29)49-37-15-7-4-12-31(37)32-13-5-8-16-38(32)49/h1-26H/i1D,2D,3D,10D,11D. The fraction of sp³-hybridized carbons (Fsp3) is 0. The van der Waals surface area contributed by atoms with Crippen molar-refractivity contribution < 1.29 is 15.7 Å². The summed E-state index contributed by atoms with van der Waals surface area (Å²) in [7, 11) is 0. The van der Waals surface area contributed by atoms with Crippen molar-refractivity contribution in [3.8, 4) is 39.9 Å². The highest BCUT2D eigenvalue weighted by molar-refractivity contribution is 6.11. The second-order valence-electron chi connectivity index (χ2n) is 12.5. The molecule has 0 radical (unpaired) electrons. The zero-order valence-corrected chi connectivity index (χ0v) is 26.7. The predicted octanol–water partition coefficient (Wildman–Crippen LogP) is 11.8. The molecule has 0 saturated carbocycles. The molecule has 0 saturated heterocycles. The lowest BCUT2D eigenvalue weighted by atomic mass is 10.1. The largest absolute Gasteiger partial charge is 0.456 e. The summed E-state index contributed by atoms with van der Waals surface area (Å²) in [5.74, 6) is 0.478. The lowest BCUT2D eigenvalue weighted by Crippen LogP contribution is -2.00. The molecule has 4 aromatic heterocycles. The van der Waals surface area contributed by atoms with Crippen molar-refractivity contribution in [3.63, 3.8) is 0 Å². The van der Waals surface area contributed by atoms with Gasteiger partial charge in [0.1, 0.15) is 22.3 Å². The van der Waals surface area contributed by atoms with Crippen LogP contribution in [0.2, 0.25) is 0 Å². The van der Waals surface area contributed by atoms with Crippen LogP contribution in [0.4, 0.5) is 0 Å². The number of aromatic nitrogens is 4. The first-order valence-electron chi connectivity index (χ1n) is 19.0. The number of hydrogen-bond donors (Lipinski definition) is 0. The van der Waals surface area contributed by atoms with Crippen LogP contribution in [-0.4, -0.2) is 19.5 Å². The molecule has 4 heterocycles. The van der Waals surface area contributed by atoms with E-state index in [1.165, 1.54) is 10.8 Å². The molecule has 6 heteroatoms. The molecule has 0 unspecified atom stereocenters. The normalized spacial score (nSPS) is 13.3. The molecule has 6 nitrogen and oxygen atoms in total. The molecule has 238 valence electrons. The van der Waals surface area contributed by atoms with E-state index in [9.17, 15) is 0 Å². The molecule has 0 bridgehead atoms. The number of nitrogens with zero attached hydrogens (tertiary/aromatic N) is 4. The number of hydrogen-bond acceptors (Lipinski definition) is 5. The van der Waals surface area contributed by atoms with Crippen LogP contribution in [0.1, 0.15) is 6.85 Å². The molecule has 11 rings (SSSR count).